The molecule has 16 heavy (non-hydrogen) atoms. The molecule has 1 aromatic rings. The fraction of sp³-hybridized carbons (Fsp3) is 0.556. The van der Waals surface area contributed by atoms with Gasteiger partial charge in [-0.25, -0.2) is 4.68 Å². The first-order valence-electron chi connectivity index (χ1n) is 4.78. The molecule has 0 saturated heterocycles. The van der Waals surface area contributed by atoms with Gasteiger partial charge in [-0.2, -0.15) is 5.10 Å². The van der Waals surface area contributed by atoms with Crippen LogP contribution in [0.25, 0.3) is 0 Å². The number of nitrogens with one attached hydrogen (secondary N) is 1. The molecule has 0 unspecified atom stereocenters. The van der Waals surface area contributed by atoms with Crippen molar-refractivity contribution < 1.29 is 9.53 Å². The Morgan fingerprint density at radius 2 is 2.38 bits per heavy atom. The van der Waals surface area contributed by atoms with Crippen molar-refractivity contribution in [3.8, 4) is 0 Å². The van der Waals surface area contributed by atoms with E-state index in [2.05, 4.69) is 42.3 Å². The van der Waals surface area contributed by atoms with E-state index >= 15 is 0 Å². The molecule has 0 atom stereocenters. The van der Waals surface area contributed by atoms with Crippen LogP contribution >= 0.6 is 31.9 Å². The molecule has 1 aromatic heterocycles. The number of ether oxygens (including phenoxy) is 1. The van der Waals surface area contributed by atoms with Crippen molar-refractivity contribution in [1.29, 1.82) is 0 Å². The summed E-state index contributed by atoms with van der Waals surface area (Å²) in [5.74, 6) is -0.0626. The summed E-state index contributed by atoms with van der Waals surface area (Å²) >= 11 is 6.55. The van der Waals surface area contributed by atoms with E-state index in [9.17, 15) is 4.79 Å². The SMILES string of the molecule is COCCCNC(=O)Cn1nc(Br)cc1Br. The normalized spacial score (nSPS) is 10.4. The van der Waals surface area contributed by atoms with Crippen molar-refractivity contribution in [2.75, 3.05) is 20.3 Å². The summed E-state index contributed by atoms with van der Waals surface area (Å²) in [6.45, 7) is 1.48. The fourth-order valence-electron chi connectivity index (χ4n) is 1.11. The molecule has 1 heterocycles. The van der Waals surface area contributed by atoms with Crippen LogP contribution in [0.5, 0.6) is 0 Å². The van der Waals surface area contributed by atoms with Crippen LogP contribution in [0, 0.1) is 0 Å². The van der Waals surface area contributed by atoms with Crippen molar-refractivity contribution in [2.45, 2.75) is 13.0 Å². The van der Waals surface area contributed by atoms with Crippen molar-refractivity contribution in [3.05, 3.63) is 15.3 Å². The number of carbonyl (C=O) groups is 1. The maximum atomic E-state index is 11.5. The van der Waals surface area contributed by atoms with Crippen LogP contribution in [-0.2, 0) is 16.1 Å². The zero-order chi connectivity index (χ0) is 12.0. The molecule has 0 fully saturated rings. The van der Waals surface area contributed by atoms with E-state index in [4.69, 9.17) is 4.74 Å². The third kappa shape index (κ3) is 4.63. The van der Waals surface area contributed by atoms with Crippen LogP contribution in [0.15, 0.2) is 15.3 Å². The molecule has 7 heteroatoms. The number of aromatic nitrogens is 2. The lowest BCUT2D eigenvalue weighted by molar-refractivity contribution is -0.121. The topological polar surface area (TPSA) is 56.1 Å². The van der Waals surface area contributed by atoms with E-state index in [1.165, 1.54) is 0 Å². The molecular weight excluding hydrogens is 342 g/mol. The van der Waals surface area contributed by atoms with Crippen LogP contribution in [-0.4, -0.2) is 35.9 Å². The summed E-state index contributed by atoms with van der Waals surface area (Å²) in [6.07, 6.45) is 0.812. The zero-order valence-electron chi connectivity index (χ0n) is 8.87. The average Bonchev–Trinajstić information content (AvgIpc) is 2.52. The van der Waals surface area contributed by atoms with Crippen LogP contribution in [0.1, 0.15) is 6.42 Å². The molecule has 0 aromatic carbocycles. The second-order valence-electron chi connectivity index (χ2n) is 3.14. The second kappa shape index (κ2) is 7.03. The fourth-order valence-corrected chi connectivity index (χ4v) is 2.25. The van der Waals surface area contributed by atoms with E-state index < -0.39 is 0 Å². The molecule has 0 bridgehead atoms. The van der Waals surface area contributed by atoms with Crippen molar-refractivity contribution in [1.82, 2.24) is 15.1 Å². The van der Waals surface area contributed by atoms with Crippen molar-refractivity contribution in [3.63, 3.8) is 0 Å². The van der Waals surface area contributed by atoms with Gasteiger partial charge >= 0.3 is 0 Å². The summed E-state index contributed by atoms with van der Waals surface area (Å²) < 4.78 is 7.93. The van der Waals surface area contributed by atoms with Gasteiger partial charge in [0, 0.05) is 26.3 Å². The highest BCUT2D eigenvalue weighted by molar-refractivity contribution is 9.11. The van der Waals surface area contributed by atoms with Crippen molar-refractivity contribution >= 4 is 37.8 Å². The Kier molecular flexibility index (Phi) is 6.00. The van der Waals surface area contributed by atoms with E-state index in [0.29, 0.717) is 17.8 Å². The Morgan fingerprint density at radius 1 is 1.62 bits per heavy atom. The number of halogens is 2. The molecule has 0 saturated carbocycles. The number of carbonyl (C=O) groups excluding carboxylic acids is 1. The summed E-state index contributed by atoms with van der Waals surface area (Å²) in [6, 6.07) is 1.79. The van der Waals surface area contributed by atoms with E-state index in [1.807, 2.05) is 0 Å². The Morgan fingerprint density at radius 3 is 2.94 bits per heavy atom. The monoisotopic (exact) mass is 353 g/mol. The molecule has 90 valence electrons. The Labute approximate surface area is 111 Å². The lowest BCUT2D eigenvalue weighted by atomic mass is 10.4. The van der Waals surface area contributed by atoms with Gasteiger partial charge in [0.2, 0.25) is 5.91 Å². The number of hydrogen-bond acceptors (Lipinski definition) is 3. The van der Waals surface area contributed by atoms with Crippen LogP contribution in [0.3, 0.4) is 0 Å². The minimum atomic E-state index is -0.0626. The molecular formula is C9H13Br2N3O2. The van der Waals surface area contributed by atoms with Gasteiger partial charge in [-0.05, 0) is 38.3 Å². The Bertz CT molecular complexity index is 355. The first-order valence-corrected chi connectivity index (χ1v) is 6.36. The van der Waals surface area contributed by atoms with E-state index in [1.54, 1.807) is 17.9 Å². The molecule has 1 N–H and O–H groups in total. The molecule has 5 nitrogen and oxygen atoms in total. The quantitative estimate of drug-likeness (QED) is 0.789. The molecule has 0 aliphatic heterocycles. The third-order valence-corrected chi connectivity index (χ3v) is 2.87. The predicted molar refractivity (Wildman–Crippen MR) is 67.1 cm³/mol. The Balaban J connectivity index is 2.31. The number of hydrogen-bond donors (Lipinski definition) is 1. The van der Waals surface area contributed by atoms with Gasteiger partial charge in [-0.1, -0.05) is 0 Å². The summed E-state index contributed by atoms with van der Waals surface area (Å²) in [4.78, 5) is 11.5. The van der Waals surface area contributed by atoms with Gasteiger partial charge in [0.25, 0.3) is 0 Å². The smallest absolute Gasteiger partial charge is 0.241 e. The van der Waals surface area contributed by atoms with Crippen LogP contribution in [0.4, 0.5) is 0 Å². The van der Waals surface area contributed by atoms with Gasteiger partial charge in [-0.15, -0.1) is 0 Å². The predicted octanol–water partition coefficient (Wildman–Crippen LogP) is 1.56. The largest absolute Gasteiger partial charge is 0.385 e. The zero-order valence-corrected chi connectivity index (χ0v) is 12.0. The maximum Gasteiger partial charge on any atom is 0.241 e. The highest BCUT2D eigenvalue weighted by Crippen LogP contribution is 2.15. The number of methoxy groups -OCH3 is 1. The maximum absolute atomic E-state index is 11.5. The minimum Gasteiger partial charge on any atom is -0.385 e. The second-order valence-corrected chi connectivity index (χ2v) is 4.77. The third-order valence-electron chi connectivity index (χ3n) is 1.84. The van der Waals surface area contributed by atoms with E-state index in [-0.39, 0.29) is 12.5 Å². The Hall–Kier alpha value is -0.400. The first kappa shape index (κ1) is 13.7. The summed E-state index contributed by atoms with van der Waals surface area (Å²) in [5, 5.41) is 6.88. The number of amides is 1. The lowest BCUT2D eigenvalue weighted by Gasteiger charge is -2.05. The van der Waals surface area contributed by atoms with Gasteiger partial charge in [-0.3, -0.25) is 4.79 Å². The lowest BCUT2D eigenvalue weighted by Crippen LogP contribution is -2.29. The van der Waals surface area contributed by atoms with Gasteiger partial charge in [0.05, 0.1) is 0 Å². The van der Waals surface area contributed by atoms with Crippen molar-refractivity contribution in [2.24, 2.45) is 0 Å². The van der Waals surface area contributed by atoms with E-state index in [0.717, 1.165) is 11.0 Å². The minimum absolute atomic E-state index is 0.0626. The van der Waals surface area contributed by atoms with Crippen LogP contribution < -0.4 is 5.32 Å². The van der Waals surface area contributed by atoms with Gasteiger partial charge in [0.1, 0.15) is 15.8 Å². The highest BCUT2D eigenvalue weighted by Gasteiger charge is 2.07. The molecule has 0 aliphatic carbocycles. The molecule has 1 amide bonds. The average molecular weight is 355 g/mol. The number of nitrogens with zero attached hydrogens (tertiary/aromatic N) is 2. The standard InChI is InChI=1S/C9H13Br2N3O2/c1-16-4-2-3-12-9(15)6-14-8(11)5-7(10)13-14/h5H,2-4,6H2,1H3,(H,12,15). The first-order chi connectivity index (χ1) is 7.63. The van der Waals surface area contributed by atoms with Gasteiger partial charge in [0.15, 0.2) is 0 Å². The summed E-state index contributed by atoms with van der Waals surface area (Å²) in [5.41, 5.74) is 0. The number of rotatable bonds is 6. The van der Waals surface area contributed by atoms with Crippen LogP contribution in [0.2, 0.25) is 0 Å². The van der Waals surface area contributed by atoms with Gasteiger partial charge < -0.3 is 10.1 Å². The summed E-state index contributed by atoms with van der Waals surface area (Å²) in [7, 11) is 1.64. The molecule has 0 radical (unpaired) electrons. The molecule has 1 rings (SSSR count). The molecule has 0 spiro atoms. The highest BCUT2D eigenvalue weighted by atomic mass is 79.9. The molecule has 0 aliphatic rings.